The lowest BCUT2D eigenvalue weighted by Crippen LogP contribution is -2.30. The minimum Gasteiger partial charge on any atom is -0.507 e. The number of Topliss-reactive ketones (excluding diaryl/α,β-unsaturated/α-hetero) is 1. The summed E-state index contributed by atoms with van der Waals surface area (Å²) in [7, 11) is 3.92. The lowest BCUT2D eigenvalue weighted by molar-refractivity contribution is -0.139. The minimum atomic E-state index is -0.619. The molecular formula is C25H30N2O3. The van der Waals surface area contributed by atoms with Crippen LogP contribution >= 0.6 is 0 Å². The molecule has 0 aliphatic carbocycles. The van der Waals surface area contributed by atoms with Crippen molar-refractivity contribution in [3.05, 3.63) is 70.8 Å². The SMILES string of the molecule is CCCCCN1C(=O)C(=O)/C(=C(\O)c2ccc(C)cc2)C1c1ccc(N(C)C)cc1. The number of aliphatic hydroxyl groups excluding tert-OH is 1. The van der Waals surface area contributed by atoms with E-state index < -0.39 is 17.7 Å². The lowest BCUT2D eigenvalue weighted by Gasteiger charge is -2.26. The Morgan fingerprint density at radius 1 is 1.00 bits per heavy atom. The predicted octanol–water partition coefficient (Wildman–Crippen LogP) is 4.67. The predicted molar refractivity (Wildman–Crippen MR) is 120 cm³/mol. The van der Waals surface area contributed by atoms with E-state index in [1.54, 1.807) is 17.0 Å². The molecular weight excluding hydrogens is 376 g/mol. The van der Waals surface area contributed by atoms with E-state index in [-0.39, 0.29) is 11.3 Å². The number of benzene rings is 2. The minimum absolute atomic E-state index is 0.118. The summed E-state index contributed by atoms with van der Waals surface area (Å²) in [5, 5.41) is 11.0. The maximum Gasteiger partial charge on any atom is 0.295 e. The van der Waals surface area contributed by atoms with E-state index in [9.17, 15) is 14.7 Å². The summed E-state index contributed by atoms with van der Waals surface area (Å²) < 4.78 is 0. The normalized spacial score (nSPS) is 18.1. The van der Waals surface area contributed by atoms with Crippen LogP contribution in [0.3, 0.4) is 0 Å². The van der Waals surface area contributed by atoms with Crippen LogP contribution < -0.4 is 4.90 Å². The number of aryl methyl sites for hydroxylation is 1. The van der Waals surface area contributed by atoms with Gasteiger partial charge in [-0.15, -0.1) is 0 Å². The average molecular weight is 407 g/mol. The van der Waals surface area contributed by atoms with E-state index in [0.717, 1.165) is 36.1 Å². The van der Waals surface area contributed by atoms with Gasteiger partial charge in [0.2, 0.25) is 0 Å². The maximum atomic E-state index is 13.0. The van der Waals surface area contributed by atoms with Crippen molar-refractivity contribution in [2.24, 2.45) is 0 Å². The third kappa shape index (κ3) is 4.25. The van der Waals surface area contributed by atoms with E-state index in [1.165, 1.54) is 0 Å². The summed E-state index contributed by atoms with van der Waals surface area (Å²) in [6.45, 7) is 4.55. The molecule has 0 spiro atoms. The van der Waals surface area contributed by atoms with Gasteiger partial charge in [-0.3, -0.25) is 9.59 Å². The van der Waals surface area contributed by atoms with E-state index in [2.05, 4.69) is 6.92 Å². The van der Waals surface area contributed by atoms with Crippen LogP contribution in [0.1, 0.15) is 48.9 Å². The number of hydrogen-bond donors (Lipinski definition) is 1. The van der Waals surface area contributed by atoms with Gasteiger partial charge in [-0.2, -0.15) is 0 Å². The molecule has 0 aromatic heterocycles. The van der Waals surface area contributed by atoms with Crippen molar-refractivity contribution < 1.29 is 14.7 Å². The van der Waals surface area contributed by atoms with Gasteiger partial charge in [-0.1, -0.05) is 61.7 Å². The first-order chi connectivity index (χ1) is 14.3. The van der Waals surface area contributed by atoms with Gasteiger partial charge in [-0.05, 0) is 31.0 Å². The second-order valence-electron chi connectivity index (χ2n) is 8.05. The van der Waals surface area contributed by atoms with Gasteiger partial charge in [0.25, 0.3) is 11.7 Å². The van der Waals surface area contributed by atoms with Crippen molar-refractivity contribution in [3.8, 4) is 0 Å². The van der Waals surface area contributed by atoms with E-state index in [4.69, 9.17) is 0 Å². The van der Waals surface area contributed by atoms with Gasteiger partial charge in [0, 0.05) is 31.9 Å². The number of nitrogens with zero attached hydrogens (tertiary/aromatic N) is 2. The summed E-state index contributed by atoms with van der Waals surface area (Å²) in [5.41, 5.74) is 3.62. The largest absolute Gasteiger partial charge is 0.507 e. The van der Waals surface area contributed by atoms with Crippen molar-refractivity contribution in [2.45, 2.75) is 39.2 Å². The van der Waals surface area contributed by atoms with Gasteiger partial charge >= 0.3 is 0 Å². The molecule has 158 valence electrons. The van der Waals surface area contributed by atoms with Crippen molar-refractivity contribution in [2.75, 3.05) is 25.5 Å². The van der Waals surface area contributed by atoms with Crippen LogP contribution in [0.25, 0.3) is 5.76 Å². The zero-order valence-corrected chi connectivity index (χ0v) is 18.2. The lowest BCUT2D eigenvalue weighted by atomic mass is 9.94. The molecule has 2 aromatic carbocycles. The number of carbonyl (C=O) groups excluding carboxylic acids is 2. The van der Waals surface area contributed by atoms with Crippen LogP contribution in [-0.2, 0) is 9.59 Å². The van der Waals surface area contributed by atoms with Crippen LogP contribution in [0.15, 0.2) is 54.1 Å². The van der Waals surface area contributed by atoms with Gasteiger partial charge in [0.1, 0.15) is 5.76 Å². The second-order valence-corrected chi connectivity index (χ2v) is 8.05. The van der Waals surface area contributed by atoms with Crippen LogP contribution in [0.4, 0.5) is 5.69 Å². The van der Waals surface area contributed by atoms with Crippen molar-refractivity contribution in [3.63, 3.8) is 0 Å². The highest BCUT2D eigenvalue weighted by Crippen LogP contribution is 2.40. The molecule has 3 rings (SSSR count). The first-order valence-corrected chi connectivity index (χ1v) is 10.5. The molecule has 1 saturated heterocycles. The number of rotatable bonds is 7. The number of amides is 1. The highest BCUT2D eigenvalue weighted by atomic mass is 16.3. The molecule has 1 aliphatic heterocycles. The number of hydrogen-bond acceptors (Lipinski definition) is 4. The highest BCUT2D eigenvalue weighted by molar-refractivity contribution is 6.46. The smallest absolute Gasteiger partial charge is 0.295 e. The fraction of sp³-hybridized carbons (Fsp3) is 0.360. The Hall–Kier alpha value is -3.08. The number of ketones is 1. The summed E-state index contributed by atoms with van der Waals surface area (Å²) in [5.74, 6) is -1.28. The topological polar surface area (TPSA) is 60.9 Å². The fourth-order valence-corrected chi connectivity index (χ4v) is 3.81. The molecule has 0 saturated carbocycles. The Morgan fingerprint density at radius 3 is 2.20 bits per heavy atom. The van der Waals surface area contributed by atoms with Gasteiger partial charge in [-0.25, -0.2) is 0 Å². The first kappa shape index (κ1) is 21.6. The van der Waals surface area contributed by atoms with Crippen LogP contribution in [0, 0.1) is 6.92 Å². The molecule has 0 radical (unpaired) electrons. The summed E-state index contributed by atoms with van der Waals surface area (Å²) in [6.07, 6.45) is 2.82. The quantitative estimate of drug-likeness (QED) is 0.314. The van der Waals surface area contributed by atoms with Gasteiger partial charge < -0.3 is 14.9 Å². The molecule has 1 amide bonds. The van der Waals surface area contributed by atoms with Gasteiger partial charge in [0.05, 0.1) is 11.6 Å². The highest BCUT2D eigenvalue weighted by Gasteiger charge is 2.45. The van der Waals surface area contributed by atoms with E-state index in [0.29, 0.717) is 12.1 Å². The first-order valence-electron chi connectivity index (χ1n) is 10.5. The molecule has 1 aliphatic rings. The Balaban J connectivity index is 2.10. The molecule has 30 heavy (non-hydrogen) atoms. The Kier molecular flexibility index (Phi) is 6.60. The second kappa shape index (κ2) is 9.16. The third-order valence-corrected chi connectivity index (χ3v) is 5.59. The molecule has 2 aromatic rings. The number of anilines is 1. The van der Waals surface area contributed by atoms with E-state index >= 15 is 0 Å². The number of aliphatic hydroxyl groups is 1. The van der Waals surface area contributed by atoms with Crippen LogP contribution in [0.5, 0.6) is 0 Å². The Bertz CT molecular complexity index is 943. The summed E-state index contributed by atoms with van der Waals surface area (Å²) in [6, 6.07) is 14.5. The number of unbranched alkanes of at least 4 members (excludes halogenated alkanes) is 2. The van der Waals surface area contributed by atoms with Crippen LogP contribution in [0.2, 0.25) is 0 Å². The maximum absolute atomic E-state index is 13.0. The van der Waals surface area contributed by atoms with Gasteiger partial charge in [0.15, 0.2) is 0 Å². The molecule has 5 heteroatoms. The summed E-state index contributed by atoms with van der Waals surface area (Å²) >= 11 is 0. The van der Waals surface area contributed by atoms with E-state index in [1.807, 2.05) is 62.3 Å². The zero-order chi connectivity index (χ0) is 21.8. The Morgan fingerprint density at radius 2 is 1.63 bits per heavy atom. The monoisotopic (exact) mass is 406 g/mol. The molecule has 1 heterocycles. The Labute approximate surface area is 178 Å². The zero-order valence-electron chi connectivity index (χ0n) is 18.2. The standard InChI is InChI=1S/C25H30N2O3/c1-5-6-7-16-27-22(18-12-14-20(15-13-18)26(3)4)21(24(29)25(27)30)23(28)19-10-8-17(2)9-11-19/h8-15,22,28H,5-7,16H2,1-4H3/b23-21-. The average Bonchev–Trinajstić information content (AvgIpc) is 2.99. The molecule has 5 nitrogen and oxygen atoms in total. The van der Waals surface area contributed by atoms with Crippen LogP contribution in [-0.4, -0.2) is 42.3 Å². The molecule has 1 unspecified atom stereocenters. The molecule has 1 fully saturated rings. The number of likely N-dealkylation sites (tertiary alicyclic amines) is 1. The molecule has 0 bridgehead atoms. The number of carbonyl (C=O) groups is 2. The third-order valence-electron chi connectivity index (χ3n) is 5.59. The summed E-state index contributed by atoms with van der Waals surface area (Å²) in [4.78, 5) is 29.5. The molecule has 1 atom stereocenters. The fourth-order valence-electron chi connectivity index (χ4n) is 3.81. The van der Waals surface area contributed by atoms with Crippen molar-refractivity contribution in [1.29, 1.82) is 0 Å². The molecule has 1 N–H and O–H groups in total. The van der Waals surface area contributed by atoms with Crippen molar-refractivity contribution in [1.82, 2.24) is 4.90 Å². The van der Waals surface area contributed by atoms with Crippen molar-refractivity contribution >= 4 is 23.1 Å².